The quantitative estimate of drug-likeness (QED) is 0.861. The Bertz CT molecular complexity index is 569. The molecule has 0 spiro atoms. The first kappa shape index (κ1) is 15.2. The number of rotatable bonds is 4. The molecule has 4 bridgehead atoms. The third kappa shape index (κ3) is 2.50. The normalized spacial score (nSPS) is 39.2. The van der Waals surface area contributed by atoms with Crippen molar-refractivity contribution in [1.29, 1.82) is 0 Å². The predicted octanol–water partition coefficient (Wildman–Crippen LogP) is 3.71. The van der Waals surface area contributed by atoms with Crippen molar-refractivity contribution in [2.45, 2.75) is 51.1 Å². The van der Waals surface area contributed by atoms with Gasteiger partial charge in [0.25, 0.3) is 0 Å². The lowest BCUT2D eigenvalue weighted by Gasteiger charge is -2.59. The molecule has 3 heteroatoms. The molecule has 1 aromatic carbocycles. The molecule has 3 atom stereocenters. The number of carbonyl (C=O) groups excluding carboxylic acids is 1. The first-order valence-electron chi connectivity index (χ1n) is 9.01. The number of benzene rings is 1. The van der Waals surface area contributed by atoms with Crippen molar-refractivity contribution >= 4 is 5.97 Å². The van der Waals surface area contributed by atoms with E-state index in [0.717, 1.165) is 25.2 Å². The molecule has 4 aliphatic carbocycles. The first-order valence-corrected chi connectivity index (χ1v) is 9.01. The molecule has 1 N–H and O–H groups in total. The zero-order valence-corrected chi connectivity index (χ0v) is 14.1. The second-order valence-electron chi connectivity index (χ2n) is 8.07. The molecule has 2 unspecified atom stereocenters. The fourth-order valence-corrected chi connectivity index (χ4v) is 5.89. The van der Waals surface area contributed by atoms with Crippen LogP contribution in [0.4, 0.5) is 0 Å². The van der Waals surface area contributed by atoms with Gasteiger partial charge >= 0.3 is 5.97 Å². The maximum absolute atomic E-state index is 12.4. The van der Waals surface area contributed by atoms with Gasteiger partial charge in [0, 0.05) is 12.1 Å². The van der Waals surface area contributed by atoms with Gasteiger partial charge in [0.2, 0.25) is 0 Å². The molecule has 4 fully saturated rings. The van der Waals surface area contributed by atoms with E-state index in [9.17, 15) is 4.79 Å². The molecule has 3 nitrogen and oxygen atoms in total. The van der Waals surface area contributed by atoms with E-state index in [4.69, 9.17) is 4.74 Å². The Morgan fingerprint density at radius 3 is 2.43 bits per heavy atom. The van der Waals surface area contributed by atoms with Gasteiger partial charge in [-0.3, -0.25) is 4.79 Å². The van der Waals surface area contributed by atoms with Crippen LogP contribution in [0.3, 0.4) is 0 Å². The van der Waals surface area contributed by atoms with E-state index in [-0.39, 0.29) is 11.4 Å². The standard InChI is InChI=1S/C20H27NO2/c1-13(15-6-4-3-5-7-15)21-18-16-8-14-9-17(18)12-20(10-14,11-16)19(22)23-2/h3-7,13-14,16-18,21H,8-12H2,1-2H3/t13-,14?,16?,17?,18?,20?/m1/s1. The van der Waals surface area contributed by atoms with E-state index >= 15 is 0 Å². The second kappa shape index (κ2) is 5.62. The van der Waals surface area contributed by atoms with E-state index in [1.165, 1.54) is 18.4 Å². The molecule has 0 aromatic heterocycles. The van der Waals surface area contributed by atoms with Crippen LogP contribution in [0.1, 0.15) is 50.6 Å². The lowest BCUT2D eigenvalue weighted by molar-refractivity contribution is -0.171. The van der Waals surface area contributed by atoms with Crippen molar-refractivity contribution in [2.24, 2.45) is 23.2 Å². The lowest BCUT2D eigenvalue weighted by Crippen LogP contribution is -2.60. The lowest BCUT2D eigenvalue weighted by atomic mass is 9.48. The summed E-state index contributed by atoms with van der Waals surface area (Å²) in [6.45, 7) is 2.26. The summed E-state index contributed by atoms with van der Waals surface area (Å²) in [7, 11) is 1.55. The number of ether oxygens (including phenoxy) is 1. The third-order valence-electron chi connectivity index (χ3n) is 6.63. The van der Waals surface area contributed by atoms with Crippen LogP contribution in [-0.2, 0) is 9.53 Å². The average molecular weight is 313 g/mol. The molecule has 0 heterocycles. The number of methoxy groups -OCH3 is 1. The van der Waals surface area contributed by atoms with Crippen LogP contribution in [0.5, 0.6) is 0 Å². The summed E-state index contributed by atoms with van der Waals surface area (Å²) < 4.78 is 5.16. The number of nitrogens with one attached hydrogen (secondary N) is 1. The van der Waals surface area contributed by atoms with Gasteiger partial charge in [-0.1, -0.05) is 30.3 Å². The van der Waals surface area contributed by atoms with Crippen LogP contribution in [-0.4, -0.2) is 19.1 Å². The van der Waals surface area contributed by atoms with Crippen molar-refractivity contribution in [3.8, 4) is 0 Å². The molecular weight excluding hydrogens is 286 g/mol. The number of hydrogen-bond donors (Lipinski definition) is 1. The number of hydrogen-bond acceptors (Lipinski definition) is 3. The maximum atomic E-state index is 12.4. The van der Waals surface area contributed by atoms with Crippen LogP contribution in [0.2, 0.25) is 0 Å². The Kier molecular flexibility index (Phi) is 3.72. The Hall–Kier alpha value is -1.35. The van der Waals surface area contributed by atoms with Crippen LogP contribution >= 0.6 is 0 Å². The SMILES string of the molecule is COC(=O)C12CC3CC(C1)C(N[C@H](C)c1ccccc1)C(C3)C2. The van der Waals surface area contributed by atoms with Gasteiger partial charge < -0.3 is 10.1 Å². The minimum atomic E-state index is -0.167. The molecule has 0 radical (unpaired) electrons. The fraction of sp³-hybridized carbons (Fsp3) is 0.650. The summed E-state index contributed by atoms with van der Waals surface area (Å²) in [6, 6.07) is 11.6. The van der Waals surface area contributed by atoms with Gasteiger partial charge in [-0.25, -0.2) is 0 Å². The summed E-state index contributed by atoms with van der Waals surface area (Å²) in [5.41, 5.74) is 1.18. The van der Waals surface area contributed by atoms with E-state index in [2.05, 4.69) is 42.6 Å². The van der Waals surface area contributed by atoms with E-state index < -0.39 is 0 Å². The zero-order chi connectivity index (χ0) is 16.0. The third-order valence-corrected chi connectivity index (χ3v) is 6.63. The second-order valence-corrected chi connectivity index (χ2v) is 8.07. The van der Waals surface area contributed by atoms with Gasteiger partial charge in [0.1, 0.15) is 0 Å². The Balaban J connectivity index is 1.51. The molecule has 124 valence electrons. The summed E-state index contributed by atoms with van der Waals surface area (Å²) in [4.78, 5) is 12.4. The van der Waals surface area contributed by atoms with Crippen molar-refractivity contribution in [1.82, 2.24) is 5.32 Å². The fourth-order valence-electron chi connectivity index (χ4n) is 5.89. The van der Waals surface area contributed by atoms with Gasteiger partial charge in [-0.15, -0.1) is 0 Å². The summed E-state index contributed by atoms with van der Waals surface area (Å²) in [6.07, 6.45) is 5.67. The Morgan fingerprint density at radius 1 is 1.17 bits per heavy atom. The topological polar surface area (TPSA) is 38.3 Å². The highest BCUT2D eigenvalue weighted by molar-refractivity contribution is 5.77. The molecular formula is C20H27NO2. The Labute approximate surface area is 138 Å². The highest BCUT2D eigenvalue weighted by Gasteiger charge is 2.59. The summed E-state index contributed by atoms with van der Waals surface area (Å²) >= 11 is 0. The molecule has 5 rings (SSSR count). The van der Waals surface area contributed by atoms with E-state index in [0.29, 0.717) is 23.9 Å². The average Bonchev–Trinajstić information content (AvgIpc) is 2.57. The van der Waals surface area contributed by atoms with Gasteiger partial charge in [-0.2, -0.15) is 0 Å². The largest absolute Gasteiger partial charge is 0.469 e. The van der Waals surface area contributed by atoms with Gasteiger partial charge in [-0.05, 0) is 62.3 Å². The Morgan fingerprint density at radius 2 is 1.83 bits per heavy atom. The number of esters is 1. The van der Waals surface area contributed by atoms with Crippen LogP contribution in [0.15, 0.2) is 30.3 Å². The highest BCUT2D eigenvalue weighted by Crippen LogP contribution is 2.60. The monoisotopic (exact) mass is 313 g/mol. The van der Waals surface area contributed by atoms with Crippen LogP contribution < -0.4 is 5.32 Å². The molecule has 4 saturated carbocycles. The van der Waals surface area contributed by atoms with Crippen molar-refractivity contribution in [2.75, 3.05) is 7.11 Å². The van der Waals surface area contributed by atoms with Crippen molar-refractivity contribution < 1.29 is 9.53 Å². The van der Waals surface area contributed by atoms with Crippen molar-refractivity contribution in [3.63, 3.8) is 0 Å². The van der Waals surface area contributed by atoms with Gasteiger partial charge in [0.05, 0.1) is 12.5 Å². The minimum Gasteiger partial charge on any atom is -0.469 e. The molecule has 0 saturated heterocycles. The maximum Gasteiger partial charge on any atom is 0.311 e. The minimum absolute atomic E-state index is 0.0476. The molecule has 4 aliphatic rings. The first-order chi connectivity index (χ1) is 11.1. The highest BCUT2D eigenvalue weighted by atomic mass is 16.5. The molecule has 0 amide bonds. The van der Waals surface area contributed by atoms with Crippen LogP contribution in [0.25, 0.3) is 0 Å². The van der Waals surface area contributed by atoms with E-state index in [1.807, 2.05) is 0 Å². The van der Waals surface area contributed by atoms with E-state index in [1.54, 1.807) is 7.11 Å². The summed E-state index contributed by atoms with van der Waals surface area (Å²) in [5.74, 6) is 2.04. The summed E-state index contributed by atoms with van der Waals surface area (Å²) in [5, 5.41) is 3.90. The number of carbonyl (C=O) groups is 1. The smallest absolute Gasteiger partial charge is 0.311 e. The zero-order valence-electron chi connectivity index (χ0n) is 14.1. The molecule has 0 aliphatic heterocycles. The van der Waals surface area contributed by atoms with Crippen molar-refractivity contribution in [3.05, 3.63) is 35.9 Å². The molecule has 1 aromatic rings. The van der Waals surface area contributed by atoms with Gasteiger partial charge in [0.15, 0.2) is 0 Å². The van der Waals surface area contributed by atoms with Crippen LogP contribution in [0, 0.1) is 23.2 Å². The molecule has 23 heavy (non-hydrogen) atoms. The predicted molar refractivity (Wildman–Crippen MR) is 89.8 cm³/mol.